The van der Waals surface area contributed by atoms with Gasteiger partial charge in [0.05, 0.1) is 12.2 Å². The smallest absolute Gasteiger partial charge is 0.322 e. The molecule has 1 atom stereocenters. The van der Waals surface area contributed by atoms with Crippen LogP contribution < -0.4 is 16.4 Å². The Balaban J connectivity index is 1.80. The largest absolute Gasteiger partial charge is 0.397 e. The summed E-state index contributed by atoms with van der Waals surface area (Å²) < 4.78 is 0. The maximum absolute atomic E-state index is 12.3. The average molecular weight is 280 g/mol. The number of likely N-dealkylation sites (tertiary alicyclic amines) is 1. The highest BCUT2D eigenvalue weighted by Crippen LogP contribution is 2.28. The number of carbonyl (C=O) groups is 3. The normalized spacial score (nSPS) is 25.8. The maximum atomic E-state index is 12.3. The summed E-state index contributed by atoms with van der Waals surface area (Å²) in [6.07, 6.45) is 0.418. The number of hydrogen-bond acceptors (Lipinski definition) is 5. The number of nitrogens with zero attached hydrogens (tertiary/aromatic N) is 1. The number of nitrogens with two attached hydrogens (primary N) is 1. The van der Waals surface area contributed by atoms with E-state index >= 15 is 0 Å². The lowest BCUT2D eigenvalue weighted by Gasteiger charge is -2.20. The molecule has 1 aromatic heterocycles. The molecule has 8 heteroatoms. The van der Waals surface area contributed by atoms with E-state index < -0.39 is 11.6 Å². The standard InChI is InChI=1S/C11H12N4O3S/c12-6-1-4-19-7(6)8(16)15-3-2-11(5-15)9(17)13-10(18)14-11/h1,4H,2-3,5,12H2,(H2,13,14,17,18). The van der Waals surface area contributed by atoms with Crippen molar-refractivity contribution < 1.29 is 14.4 Å². The summed E-state index contributed by atoms with van der Waals surface area (Å²) in [5, 5.41) is 6.56. The first kappa shape index (κ1) is 12.0. The van der Waals surface area contributed by atoms with E-state index in [1.165, 1.54) is 11.3 Å². The van der Waals surface area contributed by atoms with Crippen molar-refractivity contribution in [1.29, 1.82) is 0 Å². The van der Waals surface area contributed by atoms with E-state index in [9.17, 15) is 14.4 Å². The van der Waals surface area contributed by atoms with Crippen molar-refractivity contribution in [3.63, 3.8) is 0 Å². The van der Waals surface area contributed by atoms with Crippen LogP contribution in [-0.4, -0.2) is 41.4 Å². The summed E-state index contributed by atoms with van der Waals surface area (Å²) in [6, 6.07) is 1.17. The molecule has 1 aromatic rings. The van der Waals surface area contributed by atoms with Gasteiger partial charge in [-0.1, -0.05) is 0 Å². The number of rotatable bonds is 1. The molecule has 2 saturated heterocycles. The van der Waals surface area contributed by atoms with Crippen LogP contribution in [0.3, 0.4) is 0 Å². The Bertz CT molecular complexity index is 584. The van der Waals surface area contributed by atoms with Crippen molar-refractivity contribution in [2.45, 2.75) is 12.0 Å². The summed E-state index contributed by atoms with van der Waals surface area (Å²) in [5.41, 5.74) is 5.18. The minimum Gasteiger partial charge on any atom is -0.397 e. The van der Waals surface area contributed by atoms with Crippen molar-refractivity contribution in [2.75, 3.05) is 18.8 Å². The Morgan fingerprint density at radius 1 is 1.47 bits per heavy atom. The van der Waals surface area contributed by atoms with Crippen LogP contribution in [0.4, 0.5) is 10.5 Å². The fourth-order valence-corrected chi connectivity index (χ4v) is 3.22. The number of urea groups is 1. The zero-order valence-corrected chi connectivity index (χ0v) is 10.8. The molecule has 7 nitrogen and oxygen atoms in total. The summed E-state index contributed by atoms with van der Waals surface area (Å²) in [6.45, 7) is 0.602. The zero-order valence-electron chi connectivity index (χ0n) is 9.93. The zero-order chi connectivity index (χ0) is 13.6. The topological polar surface area (TPSA) is 105 Å². The molecule has 100 valence electrons. The van der Waals surface area contributed by atoms with E-state index in [-0.39, 0.29) is 18.4 Å². The number of thiophene rings is 1. The molecule has 0 aromatic carbocycles. The van der Waals surface area contributed by atoms with Gasteiger partial charge in [0.15, 0.2) is 0 Å². The quantitative estimate of drug-likeness (QED) is 0.617. The van der Waals surface area contributed by atoms with Gasteiger partial charge >= 0.3 is 6.03 Å². The van der Waals surface area contributed by atoms with Crippen LogP contribution in [-0.2, 0) is 4.79 Å². The lowest BCUT2D eigenvalue weighted by molar-refractivity contribution is -0.123. The second kappa shape index (κ2) is 3.95. The van der Waals surface area contributed by atoms with Gasteiger partial charge < -0.3 is 16.0 Å². The molecule has 4 N–H and O–H groups in total. The van der Waals surface area contributed by atoms with Crippen molar-refractivity contribution in [3.05, 3.63) is 16.3 Å². The van der Waals surface area contributed by atoms with E-state index in [1.54, 1.807) is 16.3 Å². The summed E-state index contributed by atoms with van der Waals surface area (Å²) in [4.78, 5) is 37.3. The van der Waals surface area contributed by atoms with Crippen LogP contribution in [0.1, 0.15) is 16.1 Å². The molecule has 2 aliphatic rings. The molecular weight excluding hydrogens is 268 g/mol. The van der Waals surface area contributed by atoms with E-state index in [4.69, 9.17) is 5.73 Å². The predicted molar refractivity (Wildman–Crippen MR) is 68.7 cm³/mol. The monoisotopic (exact) mass is 280 g/mol. The molecule has 3 heterocycles. The number of imide groups is 1. The molecule has 0 bridgehead atoms. The van der Waals surface area contributed by atoms with Crippen LogP contribution in [0, 0.1) is 0 Å². The Morgan fingerprint density at radius 3 is 2.84 bits per heavy atom. The van der Waals surface area contributed by atoms with Crippen molar-refractivity contribution in [2.24, 2.45) is 0 Å². The third-order valence-corrected chi connectivity index (χ3v) is 4.38. The molecular formula is C11H12N4O3S. The van der Waals surface area contributed by atoms with Gasteiger partial charge in [-0.05, 0) is 17.9 Å². The molecule has 1 spiro atoms. The van der Waals surface area contributed by atoms with E-state index in [0.717, 1.165) is 0 Å². The molecule has 1 unspecified atom stereocenters. The predicted octanol–water partition coefficient (Wildman–Crippen LogP) is -0.246. The van der Waals surface area contributed by atoms with E-state index in [2.05, 4.69) is 10.6 Å². The Hall–Kier alpha value is -2.09. The van der Waals surface area contributed by atoms with Gasteiger partial charge in [0.25, 0.3) is 11.8 Å². The van der Waals surface area contributed by atoms with Crippen LogP contribution in [0.15, 0.2) is 11.4 Å². The van der Waals surface area contributed by atoms with Crippen LogP contribution >= 0.6 is 11.3 Å². The van der Waals surface area contributed by atoms with Gasteiger partial charge in [-0.15, -0.1) is 11.3 Å². The molecule has 3 rings (SSSR count). The lowest BCUT2D eigenvalue weighted by Crippen LogP contribution is -2.49. The van der Waals surface area contributed by atoms with Crippen LogP contribution in [0.5, 0.6) is 0 Å². The Labute approximate surface area is 112 Å². The Morgan fingerprint density at radius 2 is 2.26 bits per heavy atom. The Kier molecular flexibility index (Phi) is 2.49. The lowest BCUT2D eigenvalue weighted by atomic mass is 10.00. The van der Waals surface area contributed by atoms with Gasteiger partial charge in [-0.2, -0.15) is 0 Å². The van der Waals surface area contributed by atoms with Crippen LogP contribution in [0.2, 0.25) is 0 Å². The molecule has 2 fully saturated rings. The SMILES string of the molecule is Nc1ccsc1C(=O)N1CCC2(C1)NC(=O)NC2=O. The molecule has 0 saturated carbocycles. The minimum absolute atomic E-state index is 0.181. The third-order valence-electron chi connectivity index (χ3n) is 3.46. The number of nitrogen functional groups attached to an aromatic ring is 1. The second-order valence-electron chi connectivity index (χ2n) is 4.67. The number of carbonyl (C=O) groups excluding carboxylic acids is 3. The number of anilines is 1. The van der Waals surface area contributed by atoms with Crippen molar-refractivity contribution in [3.8, 4) is 0 Å². The van der Waals surface area contributed by atoms with Gasteiger partial charge in [0.1, 0.15) is 10.4 Å². The van der Waals surface area contributed by atoms with E-state index in [0.29, 0.717) is 23.5 Å². The fraction of sp³-hybridized carbons (Fsp3) is 0.364. The highest BCUT2D eigenvalue weighted by atomic mass is 32.1. The summed E-state index contributed by atoms with van der Waals surface area (Å²) in [5.74, 6) is -0.565. The van der Waals surface area contributed by atoms with Gasteiger partial charge in [0.2, 0.25) is 0 Å². The van der Waals surface area contributed by atoms with E-state index in [1.807, 2.05) is 0 Å². The first-order chi connectivity index (χ1) is 9.02. The number of amides is 4. The third kappa shape index (κ3) is 1.75. The second-order valence-corrected chi connectivity index (χ2v) is 5.59. The van der Waals surface area contributed by atoms with Gasteiger partial charge in [-0.3, -0.25) is 14.9 Å². The average Bonchev–Trinajstić information content (AvgIpc) is 3.01. The number of hydrogen-bond donors (Lipinski definition) is 3. The molecule has 19 heavy (non-hydrogen) atoms. The molecule has 0 aliphatic carbocycles. The van der Waals surface area contributed by atoms with Crippen LogP contribution in [0.25, 0.3) is 0 Å². The molecule has 2 aliphatic heterocycles. The first-order valence-electron chi connectivity index (χ1n) is 5.78. The summed E-state index contributed by atoms with van der Waals surface area (Å²) >= 11 is 1.27. The maximum Gasteiger partial charge on any atom is 0.322 e. The highest BCUT2D eigenvalue weighted by Gasteiger charge is 2.51. The van der Waals surface area contributed by atoms with Gasteiger partial charge in [0, 0.05) is 6.54 Å². The summed E-state index contributed by atoms with van der Waals surface area (Å²) in [7, 11) is 0. The minimum atomic E-state index is -0.973. The molecule has 0 radical (unpaired) electrons. The van der Waals surface area contributed by atoms with Crippen molar-refractivity contribution in [1.82, 2.24) is 15.5 Å². The fourth-order valence-electron chi connectivity index (χ4n) is 2.44. The highest BCUT2D eigenvalue weighted by molar-refractivity contribution is 7.12. The first-order valence-corrected chi connectivity index (χ1v) is 6.66. The number of nitrogens with one attached hydrogen (secondary N) is 2. The van der Waals surface area contributed by atoms with Gasteiger partial charge in [-0.25, -0.2) is 4.79 Å². The van der Waals surface area contributed by atoms with Crippen molar-refractivity contribution >= 4 is 34.9 Å². The molecule has 4 amide bonds.